The van der Waals surface area contributed by atoms with Crippen LogP contribution < -0.4 is 20.4 Å². The van der Waals surface area contributed by atoms with Gasteiger partial charge in [0.25, 0.3) is 0 Å². The summed E-state index contributed by atoms with van der Waals surface area (Å²) in [5.41, 5.74) is 4.42. The van der Waals surface area contributed by atoms with E-state index < -0.39 is 0 Å². The monoisotopic (exact) mass is 410 g/mol. The zero-order chi connectivity index (χ0) is 20.6. The Labute approximate surface area is 179 Å². The molecule has 1 heterocycles. The van der Waals surface area contributed by atoms with Gasteiger partial charge >= 0.3 is 0 Å². The van der Waals surface area contributed by atoms with Crippen LogP contribution in [0.5, 0.6) is 0 Å². The van der Waals surface area contributed by atoms with E-state index in [-0.39, 0.29) is 5.91 Å². The molecule has 1 saturated heterocycles. The lowest BCUT2D eigenvalue weighted by Gasteiger charge is -2.23. The Morgan fingerprint density at radius 3 is 2.48 bits per heavy atom. The highest BCUT2D eigenvalue weighted by Gasteiger charge is 2.21. The number of carbonyl (C=O) groups excluding carboxylic acids is 1. The highest BCUT2D eigenvalue weighted by molar-refractivity contribution is 7.80. The van der Waals surface area contributed by atoms with Crippen LogP contribution in [-0.2, 0) is 4.79 Å². The summed E-state index contributed by atoms with van der Waals surface area (Å²) in [5, 5.41) is 7.11. The normalized spacial score (nSPS) is 13.4. The van der Waals surface area contributed by atoms with Gasteiger partial charge in [-0.25, -0.2) is 0 Å². The standard InChI is InChI=1S/C23H30N4OS/c1-3-26(20-11-7-18(2)8-12-20)16-5-15-24-23(29)25-19-9-13-21(14-10-19)27-17-4-6-22(27)28/h7-14H,3-6,15-17H2,1-2H3,(H2,24,25,29). The van der Waals surface area contributed by atoms with E-state index >= 15 is 0 Å². The van der Waals surface area contributed by atoms with Gasteiger partial charge in [-0.3, -0.25) is 4.79 Å². The molecule has 0 aromatic heterocycles. The van der Waals surface area contributed by atoms with Crippen molar-refractivity contribution in [2.24, 2.45) is 0 Å². The van der Waals surface area contributed by atoms with Gasteiger partial charge in [0.05, 0.1) is 0 Å². The number of carbonyl (C=O) groups is 1. The Morgan fingerprint density at radius 2 is 1.86 bits per heavy atom. The fourth-order valence-electron chi connectivity index (χ4n) is 3.52. The van der Waals surface area contributed by atoms with Crippen LogP contribution in [-0.4, -0.2) is 37.2 Å². The molecule has 0 atom stereocenters. The largest absolute Gasteiger partial charge is 0.372 e. The van der Waals surface area contributed by atoms with Gasteiger partial charge in [-0.05, 0) is 75.3 Å². The van der Waals surface area contributed by atoms with Gasteiger partial charge in [0.1, 0.15) is 0 Å². The van der Waals surface area contributed by atoms with Crippen molar-refractivity contribution in [1.29, 1.82) is 0 Å². The number of nitrogens with zero attached hydrogens (tertiary/aromatic N) is 2. The fraction of sp³-hybridized carbons (Fsp3) is 0.391. The number of rotatable bonds is 8. The van der Waals surface area contributed by atoms with Crippen molar-refractivity contribution in [3.05, 3.63) is 54.1 Å². The lowest BCUT2D eigenvalue weighted by molar-refractivity contribution is -0.117. The molecule has 1 fully saturated rings. The van der Waals surface area contributed by atoms with Crippen LogP contribution in [0.25, 0.3) is 0 Å². The Balaban J connectivity index is 1.40. The molecular weight excluding hydrogens is 380 g/mol. The first-order valence-corrected chi connectivity index (χ1v) is 10.7. The maximum absolute atomic E-state index is 11.8. The summed E-state index contributed by atoms with van der Waals surface area (Å²) < 4.78 is 0. The van der Waals surface area contributed by atoms with E-state index in [1.807, 2.05) is 29.2 Å². The summed E-state index contributed by atoms with van der Waals surface area (Å²) in [7, 11) is 0. The molecule has 0 radical (unpaired) electrons. The Kier molecular flexibility index (Phi) is 7.47. The van der Waals surface area contributed by atoms with Crippen molar-refractivity contribution in [2.75, 3.05) is 41.3 Å². The second kappa shape index (κ2) is 10.3. The van der Waals surface area contributed by atoms with Crippen LogP contribution in [0.2, 0.25) is 0 Å². The van der Waals surface area contributed by atoms with E-state index in [0.29, 0.717) is 11.5 Å². The highest BCUT2D eigenvalue weighted by atomic mass is 32.1. The zero-order valence-corrected chi connectivity index (χ0v) is 18.1. The van der Waals surface area contributed by atoms with Gasteiger partial charge in [0.2, 0.25) is 5.91 Å². The molecule has 1 amide bonds. The molecule has 1 aliphatic rings. The van der Waals surface area contributed by atoms with Gasteiger partial charge in [-0.15, -0.1) is 0 Å². The van der Waals surface area contributed by atoms with Gasteiger partial charge < -0.3 is 20.4 Å². The zero-order valence-electron chi connectivity index (χ0n) is 17.3. The van der Waals surface area contributed by atoms with E-state index in [1.54, 1.807) is 0 Å². The topological polar surface area (TPSA) is 47.6 Å². The van der Waals surface area contributed by atoms with Crippen LogP contribution >= 0.6 is 12.2 Å². The minimum Gasteiger partial charge on any atom is -0.372 e. The first-order chi connectivity index (χ1) is 14.1. The summed E-state index contributed by atoms with van der Waals surface area (Å²) in [5.74, 6) is 0.203. The van der Waals surface area contributed by atoms with E-state index in [0.717, 1.165) is 50.4 Å². The number of benzene rings is 2. The molecule has 6 heteroatoms. The summed E-state index contributed by atoms with van der Waals surface area (Å²) in [4.78, 5) is 16.0. The van der Waals surface area contributed by atoms with E-state index in [4.69, 9.17) is 12.2 Å². The summed E-state index contributed by atoms with van der Waals surface area (Å²) in [6, 6.07) is 16.5. The average Bonchev–Trinajstić information content (AvgIpc) is 3.15. The first-order valence-electron chi connectivity index (χ1n) is 10.3. The molecule has 0 unspecified atom stereocenters. The number of aryl methyl sites for hydroxylation is 1. The highest BCUT2D eigenvalue weighted by Crippen LogP contribution is 2.23. The van der Waals surface area contributed by atoms with Crippen molar-refractivity contribution < 1.29 is 4.79 Å². The molecule has 0 bridgehead atoms. The molecule has 0 aliphatic carbocycles. The second-order valence-electron chi connectivity index (χ2n) is 7.35. The lowest BCUT2D eigenvalue weighted by atomic mass is 10.2. The molecule has 154 valence electrons. The second-order valence-corrected chi connectivity index (χ2v) is 7.75. The van der Waals surface area contributed by atoms with Crippen molar-refractivity contribution in [3.8, 4) is 0 Å². The van der Waals surface area contributed by atoms with Gasteiger partial charge in [-0.2, -0.15) is 0 Å². The molecule has 1 aliphatic heterocycles. The fourth-order valence-corrected chi connectivity index (χ4v) is 3.74. The van der Waals surface area contributed by atoms with Crippen LogP contribution in [0.15, 0.2) is 48.5 Å². The number of amides is 1. The molecule has 5 nitrogen and oxygen atoms in total. The Morgan fingerprint density at radius 1 is 1.14 bits per heavy atom. The molecule has 2 aromatic rings. The minimum absolute atomic E-state index is 0.203. The maximum Gasteiger partial charge on any atom is 0.227 e. The third-order valence-electron chi connectivity index (χ3n) is 5.18. The minimum atomic E-state index is 0.203. The lowest BCUT2D eigenvalue weighted by Crippen LogP contribution is -2.32. The Bertz CT molecular complexity index is 820. The Hall–Kier alpha value is -2.60. The molecule has 0 saturated carbocycles. The van der Waals surface area contributed by atoms with Gasteiger partial charge in [0.15, 0.2) is 5.11 Å². The number of thiocarbonyl (C=S) groups is 1. The molecule has 2 aromatic carbocycles. The predicted octanol–water partition coefficient (Wildman–Crippen LogP) is 4.32. The number of nitrogens with one attached hydrogen (secondary N) is 2. The van der Waals surface area contributed by atoms with Crippen LogP contribution in [0.3, 0.4) is 0 Å². The third kappa shape index (κ3) is 5.94. The van der Waals surface area contributed by atoms with Crippen LogP contribution in [0.4, 0.5) is 17.1 Å². The summed E-state index contributed by atoms with van der Waals surface area (Å²) in [6.45, 7) is 7.87. The van der Waals surface area contributed by atoms with E-state index in [2.05, 4.69) is 53.6 Å². The van der Waals surface area contributed by atoms with Crippen molar-refractivity contribution in [3.63, 3.8) is 0 Å². The molecule has 29 heavy (non-hydrogen) atoms. The number of hydrogen-bond acceptors (Lipinski definition) is 3. The van der Waals surface area contributed by atoms with Crippen molar-refractivity contribution in [1.82, 2.24) is 5.32 Å². The SMILES string of the molecule is CCN(CCCNC(=S)Nc1ccc(N2CCCC2=O)cc1)c1ccc(C)cc1. The van der Waals surface area contributed by atoms with Crippen LogP contribution in [0.1, 0.15) is 31.7 Å². The van der Waals surface area contributed by atoms with E-state index in [9.17, 15) is 4.79 Å². The van der Waals surface area contributed by atoms with Crippen LogP contribution in [0, 0.1) is 6.92 Å². The number of hydrogen-bond donors (Lipinski definition) is 2. The first kappa shape index (κ1) is 21.1. The molecule has 3 rings (SSSR count). The molecular formula is C23H30N4OS. The number of anilines is 3. The summed E-state index contributed by atoms with van der Waals surface area (Å²) in [6.07, 6.45) is 2.58. The predicted molar refractivity (Wildman–Crippen MR) is 126 cm³/mol. The third-order valence-corrected chi connectivity index (χ3v) is 5.43. The molecule has 0 spiro atoms. The van der Waals surface area contributed by atoms with Crippen molar-refractivity contribution >= 4 is 40.3 Å². The summed E-state index contributed by atoms with van der Waals surface area (Å²) >= 11 is 5.41. The average molecular weight is 411 g/mol. The maximum atomic E-state index is 11.8. The van der Waals surface area contributed by atoms with Gasteiger partial charge in [-0.1, -0.05) is 17.7 Å². The van der Waals surface area contributed by atoms with Gasteiger partial charge in [0, 0.05) is 49.7 Å². The van der Waals surface area contributed by atoms with Crippen molar-refractivity contribution in [2.45, 2.75) is 33.1 Å². The molecule has 2 N–H and O–H groups in total. The smallest absolute Gasteiger partial charge is 0.227 e. The quantitative estimate of drug-likeness (QED) is 0.501. The van der Waals surface area contributed by atoms with E-state index in [1.165, 1.54) is 11.3 Å².